The average molecular weight is 530 g/mol. The number of carbonyl (C=O) groups excluding carboxylic acids is 3. The fraction of sp³-hybridized carbons (Fsp3) is 0.767. The van der Waals surface area contributed by atoms with Crippen molar-refractivity contribution in [3.05, 3.63) is 23.8 Å². The third-order valence-electron chi connectivity index (χ3n) is 11.5. The summed E-state index contributed by atoms with van der Waals surface area (Å²) < 4.78 is 23.6. The third-order valence-corrected chi connectivity index (χ3v) is 11.5. The van der Waals surface area contributed by atoms with E-state index in [0.717, 1.165) is 25.7 Å². The zero-order valence-electron chi connectivity index (χ0n) is 22.5. The van der Waals surface area contributed by atoms with Crippen molar-refractivity contribution < 1.29 is 33.7 Å². The second kappa shape index (κ2) is 8.47. The van der Waals surface area contributed by atoms with E-state index in [1.807, 2.05) is 13.8 Å². The lowest BCUT2D eigenvalue weighted by atomic mass is 9.44. The molecule has 6 aliphatic carbocycles. The van der Waals surface area contributed by atoms with Crippen molar-refractivity contribution >= 4 is 17.7 Å². The lowest BCUT2D eigenvalue weighted by Gasteiger charge is -2.62. The van der Waals surface area contributed by atoms with Gasteiger partial charge in [0.2, 0.25) is 5.78 Å². The number of Topliss-reactive ketones (excluding diaryl/α,β-unsaturated/α-hetero) is 1. The molecule has 0 aromatic rings. The van der Waals surface area contributed by atoms with Crippen molar-refractivity contribution in [2.45, 2.75) is 95.6 Å². The van der Waals surface area contributed by atoms with Crippen LogP contribution in [0.4, 0.5) is 9.18 Å². The molecule has 6 rings (SSSR count). The van der Waals surface area contributed by atoms with Gasteiger partial charge in [-0.15, -0.1) is 0 Å². The van der Waals surface area contributed by atoms with Crippen LogP contribution in [-0.4, -0.2) is 57.9 Å². The number of nitrogens with one attached hydrogen (secondary N) is 1. The van der Waals surface area contributed by atoms with E-state index in [2.05, 4.69) is 5.32 Å². The number of ketones is 2. The van der Waals surface area contributed by atoms with Crippen LogP contribution in [0.15, 0.2) is 23.8 Å². The summed E-state index contributed by atoms with van der Waals surface area (Å²) in [7, 11) is 0. The lowest BCUT2D eigenvalue weighted by molar-refractivity contribution is -0.219. The average Bonchev–Trinajstić information content (AvgIpc) is 3.79. The van der Waals surface area contributed by atoms with E-state index in [9.17, 15) is 24.6 Å². The summed E-state index contributed by atoms with van der Waals surface area (Å²) in [5.74, 6) is -1.33. The zero-order chi connectivity index (χ0) is 27.3. The Morgan fingerprint density at radius 1 is 1.16 bits per heavy atom. The quantitative estimate of drug-likeness (QED) is 0.482. The maximum atomic E-state index is 17.4. The minimum atomic E-state index is -2.04. The molecule has 8 atom stereocenters. The molecule has 0 saturated heterocycles. The van der Waals surface area contributed by atoms with Crippen LogP contribution in [-0.2, 0) is 14.3 Å². The molecule has 3 N–H and O–H groups in total. The first-order valence-corrected chi connectivity index (χ1v) is 14.4. The number of aliphatic hydroxyl groups excluding tert-OH is 2. The first-order valence-electron chi connectivity index (χ1n) is 14.4. The van der Waals surface area contributed by atoms with Crippen LogP contribution in [0.1, 0.15) is 72.1 Å². The number of aliphatic hydroxyl groups is 2. The van der Waals surface area contributed by atoms with Gasteiger partial charge in [-0.3, -0.25) is 9.59 Å². The topological polar surface area (TPSA) is 113 Å². The van der Waals surface area contributed by atoms with E-state index < -0.39 is 58.5 Å². The van der Waals surface area contributed by atoms with Gasteiger partial charge in [-0.2, -0.15) is 0 Å². The zero-order valence-corrected chi connectivity index (χ0v) is 22.5. The van der Waals surface area contributed by atoms with Crippen LogP contribution in [0.25, 0.3) is 0 Å². The van der Waals surface area contributed by atoms with E-state index in [4.69, 9.17) is 4.74 Å². The Morgan fingerprint density at radius 2 is 1.82 bits per heavy atom. The number of alkyl halides is 1. The summed E-state index contributed by atoms with van der Waals surface area (Å²) >= 11 is 0. The first kappa shape index (κ1) is 26.2. The number of amides is 1. The summed E-state index contributed by atoms with van der Waals surface area (Å²) in [6.45, 7) is 4.62. The molecule has 0 aliphatic heterocycles. The number of carbonyl (C=O) groups is 3. The summed E-state index contributed by atoms with van der Waals surface area (Å²) in [6.07, 6.45) is 7.94. The van der Waals surface area contributed by atoms with Crippen molar-refractivity contribution in [2.75, 3.05) is 6.61 Å². The Kier molecular flexibility index (Phi) is 5.83. The number of hydrogen-bond acceptors (Lipinski definition) is 6. The highest BCUT2D eigenvalue weighted by Crippen LogP contribution is 2.71. The maximum absolute atomic E-state index is 17.4. The van der Waals surface area contributed by atoms with E-state index in [-0.39, 0.29) is 24.2 Å². The first-order chi connectivity index (χ1) is 17.9. The highest BCUT2D eigenvalue weighted by Gasteiger charge is 2.77. The van der Waals surface area contributed by atoms with Crippen LogP contribution in [0, 0.1) is 40.4 Å². The van der Waals surface area contributed by atoms with E-state index in [1.54, 1.807) is 13.0 Å². The molecular formula is C30H40FNO6. The summed E-state index contributed by atoms with van der Waals surface area (Å²) in [5, 5.41) is 24.8. The molecule has 0 unspecified atom stereocenters. The molecule has 208 valence electrons. The molecular weight excluding hydrogens is 489 g/mol. The molecule has 0 spiro atoms. The van der Waals surface area contributed by atoms with Crippen molar-refractivity contribution in [2.24, 2.45) is 40.4 Å². The van der Waals surface area contributed by atoms with Crippen LogP contribution in [0.3, 0.4) is 0 Å². The van der Waals surface area contributed by atoms with Crippen LogP contribution in [0.5, 0.6) is 0 Å². The van der Waals surface area contributed by atoms with Gasteiger partial charge < -0.3 is 20.3 Å². The van der Waals surface area contributed by atoms with Gasteiger partial charge in [-0.1, -0.05) is 25.5 Å². The molecule has 1 amide bonds. The van der Waals surface area contributed by atoms with Gasteiger partial charge in [0, 0.05) is 28.7 Å². The Balaban J connectivity index is 1.36. The third kappa shape index (κ3) is 3.34. The summed E-state index contributed by atoms with van der Waals surface area (Å²) in [4.78, 5) is 39.1. The molecule has 5 fully saturated rings. The van der Waals surface area contributed by atoms with Gasteiger partial charge in [0.1, 0.15) is 6.61 Å². The second-order valence-electron chi connectivity index (χ2n) is 13.5. The molecule has 6 aliphatic rings. The monoisotopic (exact) mass is 529 g/mol. The SMILES string of the molecule is C[C@H]1C[C@H]2[C@@H]3CCC4=CC(=O)C=C[C@]4(C)[C@@]3(F)[C@@H](O)C[C@]2(C)[C@@]1(OC(=O)NC(C1CC1)C1CC1)C(=O)CO. The van der Waals surface area contributed by atoms with Crippen molar-refractivity contribution in [3.63, 3.8) is 0 Å². The number of fused-ring (bicyclic) bond motifs is 5. The predicted molar refractivity (Wildman–Crippen MR) is 137 cm³/mol. The molecule has 0 bridgehead atoms. The second-order valence-corrected chi connectivity index (χ2v) is 13.5. The van der Waals surface area contributed by atoms with Gasteiger partial charge in [-0.25, -0.2) is 9.18 Å². The fourth-order valence-corrected chi connectivity index (χ4v) is 9.36. The standard InChI is InChI=1S/C30H40FNO6/c1-16-12-22-21-9-8-19-13-20(34)10-11-27(19,2)29(21,31)23(35)14-28(22,3)30(16,24(36)15-33)38-26(37)32-25(17-4-5-17)18-6-7-18/h10-11,13,16-18,21-23,25,33,35H,4-9,12,14-15H2,1-3H3,(H,32,37)/t16-,21-,22-,23-,27-,28-,29-,30-/m0/s1. The van der Waals surface area contributed by atoms with Gasteiger partial charge in [0.05, 0.1) is 6.10 Å². The fourth-order valence-electron chi connectivity index (χ4n) is 9.36. The number of hydrogen-bond donors (Lipinski definition) is 3. The van der Waals surface area contributed by atoms with Crippen molar-refractivity contribution in [1.29, 1.82) is 0 Å². The highest BCUT2D eigenvalue weighted by molar-refractivity contribution is 6.01. The molecule has 0 aromatic carbocycles. The van der Waals surface area contributed by atoms with E-state index in [0.29, 0.717) is 36.7 Å². The van der Waals surface area contributed by atoms with Gasteiger partial charge >= 0.3 is 6.09 Å². The van der Waals surface area contributed by atoms with Gasteiger partial charge in [0.15, 0.2) is 17.1 Å². The van der Waals surface area contributed by atoms with Crippen molar-refractivity contribution in [3.8, 4) is 0 Å². The summed E-state index contributed by atoms with van der Waals surface area (Å²) in [5.41, 5.74) is -5.23. The van der Waals surface area contributed by atoms with Gasteiger partial charge in [0.25, 0.3) is 0 Å². The summed E-state index contributed by atoms with van der Waals surface area (Å²) in [6, 6.07) is 0.0313. The number of allylic oxidation sites excluding steroid dienone is 4. The van der Waals surface area contributed by atoms with E-state index in [1.165, 1.54) is 12.2 Å². The van der Waals surface area contributed by atoms with Crippen LogP contribution >= 0.6 is 0 Å². The Labute approximate surface area is 223 Å². The number of alkyl carbamates (subject to hydrolysis) is 1. The van der Waals surface area contributed by atoms with Crippen molar-refractivity contribution in [1.82, 2.24) is 5.32 Å². The van der Waals surface area contributed by atoms with E-state index >= 15 is 4.39 Å². The molecule has 7 nitrogen and oxygen atoms in total. The number of rotatable bonds is 6. The normalized spacial score (nSPS) is 45.7. The minimum absolute atomic E-state index is 0.0313. The molecule has 5 saturated carbocycles. The maximum Gasteiger partial charge on any atom is 0.408 e. The Hall–Kier alpha value is -2.06. The van der Waals surface area contributed by atoms with Crippen LogP contribution in [0.2, 0.25) is 0 Å². The molecule has 0 radical (unpaired) electrons. The minimum Gasteiger partial charge on any atom is -0.434 e. The van der Waals surface area contributed by atoms with Gasteiger partial charge in [-0.05, 0) is 88.2 Å². The lowest BCUT2D eigenvalue weighted by Crippen LogP contribution is -2.70. The molecule has 38 heavy (non-hydrogen) atoms. The molecule has 0 heterocycles. The predicted octanol–water partition coefficient (Wildman–Crippen LogP) is 3.82. The van der Waals surface area contributed by atoms with Crippen LogP contribution < -0.4 is 5.32 Å². The molecule has 8 heteroatoms. The Morgan fingerprint density at radius 3 is 2.42 bits per heavy atom. The number of ether oxygens (including phenoxy) is 1. The smallest absolute Gasteiger partial charge is 0.408 e. The Bertz CT molecular complexity index is 1120. The highest BCUT2D eigenvalue weighted by atomic mass is 19.1. The number of halogens is 1. The largest absolute Gasteiger partial charge is 0.434 e. The molecule has 0 aromatic heterocycles.